The molecule has 0 aromatic heterocycles. The van der Waals surface area contributed by atoms with Crippen molar-refractivity contribution in [3.05, 3.63) is 35.4 Å². The zero-order valence-electron chi connectivity index (χ0n) is 12.1. The Hall–Kier alpha value is -1.84. The monoisotopic (exact) mass is 275 g/mol. The maximum absolute atomic E-state index is 11.6. The lowest BCUT2D eigenvalue weighted by molar-refractivity contribution is 0.0526. The van der Waals surface area contributed by atoms with Crippen LogP contribution in [0.4, 0.5) is 0 Å². The molecule has 0 atom stereocenters. The van der Waals surface area contributed by atoms with Gasteiger partial charge in [0.15, 0.2) is 0 Å². The number of carbonyl (C=O) groups excluding carboxylic acids is 1. The van der Waals surface area contributed by atoms with Crippen molar-refractivity contribution in [1.29, 1.82) is 0 Å². The SMILES string of the molecule is CCOC(=O)c1ccc(C2CCC(=NOC)CC2)cc1. The van der Waals surface area contributed by atoms with E-state index in [-0.39, 0.29) is 5.97 Å². The molecule has 1 aromatic carbocycles. The number of hydrogen-bond acceptors (Lipinski definition) is 4. The predicted molar refractivity (Wildman–Crippen MR) is 78.1 cm³/mol. The van der Waals surface area contributed by atoms with Gasteiger partial charge in [0.05, 0.1) is 17.9 Å². The van der Waals surface area contributed by atoms with E-state index < -0.39 is 0 Å². The summed E-state index contributed by atoms with van der Waals surface area (Å²) in [5, 5.41) is 4.02. The molecule has 0 amide bonds. The molecular formula is C16H21NO3. The average molecular weight is 275 g/mol. The van der Waals surface area contributed by atoms with E-state index in [2.05, 4.69) is 5.16 Å². The Morgan fingerprint density at radius 2 is 1.90 bits per heavy atom. The second-order valence-electron chi connectivity index (χ2n) is 4.96. The van der Waals surface area contributed by atoms with Crippen LogP contribution in [0.25, 0.3) is 0 Å². The van der Waals surface area contributed by atoms with Crippen molar-refractivity contribution < 1.29 is 14.4 Å². The molecule has 4 heteroatoms. The van der Waals surface area contributed by atoms with E-state index in [1.54, 1.807) is 7.11 Å². The molecule has 1 aliphatic carbocycles. The van der Waals surface area contributed by atoms with Crippen LogP contribution in [0.5, 0.6) is 0 Å². The number of carbonyl (C=O) groups is 1. The Balaban J connectivity index is 1.97. The number of ether oxygens (including phenoxy) is 1. The van der Waals surface area contributed by atoms with Crippen LogP contribution in [0.15, 0.2) is 29.4 Å². The zero-order valence-corrected chi connectivity index (χ0v) is 12.1. The van der Waals surface area contributed by atoms with E-state index in [0.717, 1.165) is 31.4 Å². The summed E-state index contributed by atoms with van der Waals surface area (Å²) in [5.74, 6) is 0.291. The van der Waals surface area contributed by atoms with Gasteiger partial charge in [-0.05, 0) is 56.2 Å². The van der Waals surface area contributed by atoms with E-state index in [0.29, 0.717) is 18.1 Å². The van der Waals surface area contributed by atoms with Gasteiger partial charge in [0.1, 0.15) is 7.11 Å². The van der Waals surface area contributed by atoms with Crippen molar-refractivity contribution >= 4 is 11.7 Å². The molecule has 1 aliphatic rings. The van der Waals surface area contributed by atoms with Gasteiger partial charge >= 0.3 is 5.97 Å². The third kappa shape index (κ3) is 3.59. The van der Waals surface area contributed by atoms with Crippen LogP contribution in [-0.2, 0) is 9.57 Å². The van der Waals surface area contributed by atoms with Crippen molar-refractivity contribution in [3.8, 4) is 0 Å². The Morgan fingerprint density at radius 1 is 1.25 bits per heavy atom. The van der Waals surface area contributed by atoms with Gasteiger partial charge in [0.2, 0.25) is 0 Å². The number of nitrogens with zero attached hydrogens (tertiary/aromatic N) is 1. The standard InChI is InChI=1S/C16H21NO3/c1-3-20-16(18)14-6-4-12(5-7-14)13-8-10-15(11-9-13)17-19-2/h4-7,13H,3,8-11H2,1-2H3. The molecule has 1 fully saturated rings. The van der Waals surface area contributed by atoms with Crippen LogP contribution in [-0.4, -0.2) is 25.4 Å². The van der Waals surface area contributed by atoms with Crippen LogP contribution < -0.4 is 0 Å². The van der Waals surface area contributed by atoms with Crippen LogP contribution in [0.1, 0.15) is 54.4 Å². The topological polar surface area (TPSA) is 47.9 Å². The van der Waals surface area contributed by atoms with Gasteiger partial charge in [-0.2, -0.15) is 0 Å². The Labute approximate surface area is 119 Å². The number of hydrogen-bond donors (Lipinski definition) is 0. The highest BCUT2D eigenvalue weighted by molar-refractivity contribution is 5.89. The molecule has 4 nitrogen and oxygen atoms in total. The fraction of sp³-hybridized carbons (Fsp3) is 0.500. The minimum atomic E-state index is -0.253. The molecular weight excluding hydrogens is 254 g/mol. The number of oxime groups is 1. The third-order valence-corrected chi connectivity index (χ3v) is 3.68. The highest BCUT2D eigenvalue weighted by Crippen LogP contribution is 2.31. The summed E-state index contributed by atoms with van der Waals surface area (Å²) in [6.07, 6.45) is 4.14. The van der Waals surface area contributed by atoms with Crippen LogP contribution in [0.3, 0.4) is 0 Å². The highest BCUT2D eigenvalue weighted by atomic mass is 16.6. The molecule has 0 unspecified atom stereocenters. The molecule has 0 saturated heterocycles. The summed E-state index contributed by atoms with van der Waals surface area (Å²) >= 11 is 0. The molecule has 0 radical (unpaired) electrons. The van der Waals surface area contributed by atoms with Crippen molar-refractivity contribution in [2.45, 2.75) is 38.5 Å². The summed E-state index contributed by atoms with van der Waals surface area (Å²) < 4.78 is 4.99. The Bertz CT molecular complexity index is 469. The van der Waals surface area contributed by atoms with Gasteiger partial charge < -0.3 is 9.57 Å². The minimum Gasteiger partial charge on any atom is -0.462 e. The van der Waals surface area contributed by atoms with E-state index in [1.807, 2.05) is 31.2 Å². The lowest BCUT2D eigenvalue weighted by atomic mass is 9.83. The zero-order chi connectivity index (χ0) is 14.4. The molecule has 2 rings (SSSR count). The molecule has 20 heavy (non-hydrogen) atoms. The van der Waals surface area contributed by atoms with Gasteiger partial charge in [-0.15, -0.1) is 0 Å². The van der Waals surface area contributed by atoms with Crippen molar-refractivity contribution in [1.82, 2.24) is 0 Å². The molecule has 1 aromatic rings. The summed E-state index contributed by atoms with van der Waals surface area (Å²) in [6, 6.07) is 7.78. The van der Waals surface area contributed by atoms with Gasteiger partial charge in [-0.25, -0.2) is 4.79 Å². The highest BCUT2D eigenvalue weighted by Gasteiger charge is 2.20. The normalized spacial score (nSPS) is 18.5. The molecule has 0 spiro atoms. The minimum absolute atomic E-state index is 0.253. The summed E-state index contributed by atoms with van der Waals surface area (Å²) in [4.78, 5) is 16.4. The number of rotatable bonds is 4. The first-order valence-corrected chi connectivity index (χ1v) is 7.10. The maximum atomic E-state index is 11.6. The van der Waals surface area contributed by atoms with E-state index in [4.69, 9.17) is 9.57 Å². The Kier molecular flexibility index (Phi) is 5.16. The average Bonchev–Trinajstić information content (AvgIpc) is 2.49. The third-order valence-electron chi connectivity index (χ3n) is 3.68. The first-order valence-electron chi connectivity index (χ1n) is 7.10. The smallest absolute Gasteiger partial charge is 0.338 e. The fourth-order valence-corrected chi connectivity index (χ4v) is 2.61. The molecule has 1 saturated carbocycles. The van der Waals surface area contributed by atoms with Gasteiger partial charge in [0.25, 0.3) is 0 Å². The molecule has 108 valence electrons. The van der Waals surface area contributed by atoms with Crippen LogP contribution in [0.2, 0.25) is 0 Å². The maximum Gasteiger partial charge on any atom is 0.338 e. The van der Waals surface area contributed by atoms with E-state index in [1.165, 1.54) is 5.56 Å². The van der Waals surface area contributed by atoms with Crippen molar-refractivity contribution in [2.75, 3.05) is 13.7 Å². The molecule has 0 aliphatic heterocycles. The largest absolute Gasteiger partial charge is 0.462 e. The van der Waals surface area contributed by atoms with Gasteiger partial charge in [-0.1, -0.05) is 17.3 Å². The van der Waals surface area contributed by atoms with Crippen LogP contribution >= 0.6 is 0 Å². The van der Waals surface area contributed by atoms with Gasteiger partial charge in [-0.3, -0.25) is 0 Å². The predicted octanol–water partition coefficient (Wildman–Crippen LogP) is 3.52. The quantitative estimate of drug-likeness (QED) is 0.624. The molecule has 0 N–H and O–H groups in total. The van der Waals surface area contributed by atoms with Crippen molar-refractivity contribution in [2.24, 2.45) is 5.16 Å². The first kappa shape index (κ1) is 14.6. The number of esters is 1. The first-order chi connectivity index (χ1) is 9.74. The van der Waals surface area contributed by atoms with E-state index >= 15 is 0 Å². The summed E-state index contributed by atoms with van der Waals surface area (Å²) in [5.41, 5.74) is 3.05. The summed E-state index contributed by atoms with van der Waals surface area (Å²) in [7, 11) is 1.59. The van der Waals surface area contributed by atoms with Gasteiger partial charge in [0, 0.05) is 0 Å². The molecule has 0 bridgehead atoms. The van der Waals surface area contributed by atoms with E-state index in [9.17, 15) is 4.79 Å². The second kappa shape index (κ2) is 7.08. The lowest BCUT2D eigenvalue weighted by Crippen LogP contribution is -2.13. The number of benzene rings is 1. The van der Waals surface area contributed by atoms with Crippen molar-refractivity contribution in [3.63, 3.8) is 0 Å². The summed E-state index contributed by atoms with van der Waals surface area (Å²) in [6.45, 7) is 2.22. The molecule has 0 heterocycles. The lowest BCUT2D eigenvalue weighted by Gasteiger charge is -2.23. The fourth-order valence-electron chi connectivity index (χ4n) is 2.61. The second-order valence-corrected chi connectivity index (χ2v) is 4.96. The Morgan fingerprint density at radius 3 is 2.45 bits per heavy atom. The van der Waals surface area contributed by atoms with Crippen LogP contribution in [0, 0.1) is 0 Å².